The van der Waals surface area contributed by atoms with Gasteiger partial charge in [-0.3, -0.25) is 0 Å². The third-order valence-corrected chi connectivity index (χ3v) is 3.12. The van der Waals surface area contributed by atoms with Gasteiger partial charge < -0.3 is 5.73 Å². The Balaban J connectivity index is 2.36. The zero-order valence-electron chi connectivity index (χ0n) is 9.45. The molecule has 0 fully saturated rings. The number of nitrogens with two attached hydrogens (primary N) is 1. The fraction of sp³-hybridized carbons (Fsp3) is 0.143. The number of hydrogen-bond acceptors (Lipinski definition) is 1. The van der Waals surface area contributed by atoms with Gasteiger partial charge in [-0.25, -0.2) is 0 Å². The van der Waals surface area contributed by atoms with Crippen molar-refractivity contribution in [3.63, 3.8) is 0 Å². The molecule has 0 saturated carbocycles. The van der Waals surface area contributed by atoms with Gasteiger partial charge in [-0.05, 0) is 47.9 Å². The molecular formula is C14H13Cl2N. The van der Waals surface area contributed by atoms with Crippen LogP contribution in [0.15, 0.2) is 42.5 Å². The van der Waals surface area contributed by atoms with E-state index >= 15 is 0 Å². The lowest BCUT2D eigenvalue weighted by Crippen LogP contribution is -2.11. The molecule has 3 heteroatoms. The Bertz CT molecular complexity index is 500. The molecule has 0 radical (unpaired) electrons. The van der Waals surface area contributed by atoms with Crippen LogP contribution in [-0.2, 0) is 0 Å². The molecule has 0 aliphatic rings. The van der Waals surface area contributed by atoms with Crippen molar-refractivity contribution in [2.45, 2.75) is 13.0 Å². The van der Waals surface area contributed by atoms with Crippen molar-refractivity contribution < 1.29 is 0 Å². The highest BCUT2D eigenvalue weighted by Gasteiger charge is 2.09. The Morgan fingerprint density at radius 2 is 1.53 bits per heavy atom. The van der Waals surface area contributed by atoms with Gasteiger partial charge in [0.1, 0.15) is 0 Å². The first-order valence-electron chi connectivity index (χ1n) is 5.34. The molecule has 0 aliphatic carbocycles. The second kappa shape index (κ2) is 5.09. The van der Waals surface area contributed by atoms with Gasteiger partial charge in [-0.15, -0.1) is 0 Å². The second-order valence-corrected chi connectivity index (χ2v) is 4.96. The van der Waals surface area contributed by atoms with Crippen molar-refractivity contribution in [3.8, 4) is 0 Å². The summed E-state index contributed by atoms with van der Waals surface area (Å²) in [6, 6.07) is 13.2. The molecule has 2 N–H and O–H groups in total. The summed E-state index contributed by atoms with van der Waals surface area (Å²) in [6.07, 6.45) is 0. The van der Waals surface area contributed by atoms with E-state index in [1.807, 2.05) is 49.4 Å². The van der Waals surface area contributed by atoms with Gasteiger partial charge in [0, 0.05) is 10.0 Å². The molecule has 2 rings (SSSR count). The quantitative estimate of drug-likeness (QED) is 0.859. The molecule has 0 spiro atoms. The van der Waals surface area contributed by atoms with Crippen LogP contribution < -0.4 is 5.73 Å². The molecule has 2 aromatic rings. The van der Waals surface area contributed by atoms with E-state index in [-0.39, 0.29) is 6.04 Å². The first kappa shape index (κ1) is 12.4. The summed E-state index contributed by atoms with van der Waals surface area (Å²) in [7, 11) is 0. The maximum Gasteiger partial charge on any atom is 0.0552 e. The summed E-state index contributed by atoms with van der Waals surface area (Å²) >= 11 is 11.9. The average molecular weight is 266 g/mol. The van der Waals surface area contributed by atoms with Crippen LogP contribution in [0, 0.1) is 6.92 Å². The third-order valence-electron chi connectivity index (χ3n) is 2.65. The van der Waals surface area contributed by atoms with E-state index in [0.717, 1.165) is 16.7 Å². The first-order valence-corrected chi connectivity index (χ1v) is 6.10. The van der Waals surface area contributed by atoms with Crippen LogP contribution in [0.4, 0.5) is 0 Å². The predicted octanol–water partition coefficient (Wildman–Crippen LogP) is 4.35. The van der Waals surface area contributed by atoms with Crippen molar-refractivity contribution in [1.29, 1.82) is 0 Å². The van der Waals surface area contributed by atoms with Crippen molar-refractivity contribution in [3.05, 3.63) is 69.2 Å². The summed E-state index contributed by atoms with van der Waals surface area (Å²) in [4.78, 5) is 0. The van der Waals surface area contributed by atoms with Crippen LogP contribution in [0.25, 0.3) is 0 Å². The van der Waals surface area contributed by atoms with Crippen molar-refractivity contribution in [1.82, 2.24) is 0 Å². The molecule has 0 aromatic heterocycles. The Kier molecular flexibility index (Phi) is 3.72. The number of benzene rings is 2. The molecule has 2 aromatic carbocycles. The average Bonchev–Trinajstić information content (AvgIpc) is 2.28. The van der Waals surface area contributed by atoms with Gasteiger partial charge in [0.25, 0.3) is 0 Å². The normalized spacial score (nSPS) is 12.5. The highest BCUT2D eigenvalue weighted by atomic mass is 35.5. The zero-order valence-corrected chi connectivity index (χ0v) is 11.0. The molecule has 0 saturated heterocycles. The molecule has 0 bridgehead atoms. The van der Waals surface area contributed by atoms with E-state index in [0.29, 0.717) is 10.0 Å². The van der Waals surface area contributed by atoms with Crippen LogP contribution in [0.3, 0.4) is 0 Å². The second-order valence-electron chi connectivity index (χ2n) is 4.09. The molecular weight excluding hydrogens is 253 g/mol. The van der Waals surface area contributed by atoms with Crippen LogP contribution >= 0.6 is 23.2 Å². The standard InChI is InChI=1S/C14H13Cl2N/c1-9-6-11(8-13(16)7-9)14(17)10-2-4-12(15)5-3-10/h2-8,14H,17H2,1H3. The van der Waals surface area contributed by atoms with Crippen LogP contribution in [-0.4, -0.2) is 0 Å². The lowest BCUT2D eigenvalue weighted by atomic mass is 9.98. The monoisotopic (exact) mass is 265 g/mol. The van der Waals surface area contributed by atoms with Crippen molar-refractivity contribution in [2.75, 3.05) is 0 Å². The first-order chi connectivity index (χ1) is 8.06. The number of halogens is 2. The summed E-state index contributed by atoms with van der Waals surface area (Å²) in [6.45, 7) is 2.00. The molecule has 88 valence electrons. The number of aryl methyl sites for hydroxylation is 1. The predicted molar refractivity (Wildman–Crippen MR) is 73.7 cm³/mol. The Morgan fingerprint density at radius 1 is 0.882 bits per heavy atom. The highest BCUT2D eigenvalue weighted by molar-refractivity contribution is 6.31. The zero-order chi connectivity index (χ0) is 12.4. The van der Waals surface area contributed by atoms with E-state index in [1.54, 1.807) is 0 Å². The van der Waals surface area contributed by atoms with Crippen molar-refractivity contribution >= 4 is 23.2 Å². The van der Waals surface area contributed by atoms with Crippen LogP contribution in [0.1, 0.15) is 22.7 Å². The number of hydrogen-bond donors (Lipinski definition) is 1. The van der Waals surface area contributed by atoms with E-state index in [1.165, 1.54) is 0 Å². The SMILES string of the molecule is Cc1cc(Cl)cc(C(N)c2ccc(Cl)cc2)c1. The smallest absolute Gasteiger partial charge is 0.0552 e. The highest BCUT2D eigenvalue weighted by Crippen LogP contribution is 2.24. The lowest BCUT2D eigenvalue weighted by molar-refractivity contribution is 0.870. The maximum atomic E-state index is 6.20. The molecule has 1 unspecified atom stereocenters. The molecule has 1 atom stereocenters. The van der Waals surface area contributed by atoms with Gasteiger partial charge in [0.15, 0.2) is 0 Å². The number of rotatable bonds is 2. The molecule has 0 heterocycles. The minimum Gasteiger partial charge on any atom is -0.320 e. The Labute approximate surface area is 111 Å². The summed E-state index contributed by atoms with van der Waals surface area (Å²) in [5.41, 5.74) is 9.35. The fourth-order valence-electron chi connectivity index (χ4n) is 1.81. The largest absolute Gasteiger partial charge is 0.320 e. The van der Waals surface area contributed by atoms with E-state index in [2.05, 4.69) is 0 Å². The lowest BCUT2D eigenvalue weighted by Gasteiger charge is -2.14. The fourth-order valence-corrected chi connectivity index (χ4v) is 2.23. The Hall–Kier alpha value is -1.02. The van der Waals surface area contributed by atoms with Crippen LogP contribution in [0.5, 0.6) is 0 Å². The van der Waals surface area contributed by atoms with Gasteiger partial charge >= 0.3 is 0 Å². The van der Waals surface area contributed by atoms with E-state index in [4.69, 9.17) is 28.9 Å². The molecule has 17 heavy (non-hydrogen) atoms. The topological polar surface area (TPSA) is 26.0 Å². The van der Waals surface area contributed by atoms with Crippen LogP contribution in [0.2, 0.25) is 10.0 Å². The molecule has 0 amide bonds. The maximum absolute atomic E-state index is 6.20. The Morgan fingerprint density at radius 3 is 2.12 bits per heavy atom. The van der Waals surface area contributed by atoms with Gasteiger partial charge in [0.05, 0.1) is 6.04 Å². The summed E-state index contributed by atoms with van der Waals surface area (Å²) < 4.78 is 0. The minimum atomic E-state index is -0.176. The third kappa shape index (κ3) is 3.01. The van der Waals surface area contributed by atoms with Crippen molar-refractivity contribution in [2.24, 2.45) is 5.73 Å². The summed E-state index contributed by atoms with van der Waals surface area (Å²) in [5.74, 6) is 0. The summed E-state index contributed by atoms with van der Waals surface area (Å²) in [5, 5.41) is 1.42. The van der Waals surface area contributed by atoms with E-state index in [9.17, 15) is 0 Å². The van der Waals surface area contributed by atoms with Gasteiger partial charge in [0.2, 0.25) is 0 Å². The van der Waals surface area contributed by atoms with Gasteiger partial charge in [-0.1, -0.05) is 41.4 Å². The van der Waals surface area contributed by atoms with Gasteiger partial charge in [-0.2, -0.15) is 0 Å². The molecule has 0 aliphatic heterocycles. The van der Waals surface area contributed by atoms with E-state index < -0.39 is 0 Å². The minimum absolute atomic E-state index is 0.176. The molecule has 1 nitrogen and oxygen atoms in total.